The lowest BCUT2D eigenvalue weighted by Gasteiger charge is -2.18. The molecule has 7 nitrogen and oxygen atoms in total. The number of nitrogens with one attached hydrogen (secondary N) is 2. The van der Waals surface area contributed by atoms with Crippen LogP contribution in [0.15, 0.2) is 70.9 Å². The number of sulfonamides is 1. The van der Waals surface area contributed by atoms with E-state index in [0.29, 0.717) is 5.56 Å². The van der Waals surface area contributed by atoms with E-state index in [1.165, 1.54) is 47.7 Å². The number of hydrogen-bond donors (Lipinski definition) is 2. The van der Waals surface area contributed by atoms with Crippen LogP contribution in [0.25, 0.3) is 0 Å². The molecule has 0 spiro atoms. The zero-order valence-electron chi connectivity index (χ0n) is 17.4. The fourth-order valence-electron chi connectivity index (χ4n) is 3.13. The fraction of sp³-hybridized carbons (Fsp3) is 0.217. The normalized spacial score (nSPS) is 14.5. The minimum absolute atomic E-state index is 0.0230. The molecule has 0 bridgehead atoms. The standard InChI is InChI=1S/C23H21FN2O5S2/c24-17-8-6-15(7-9-17)22(20-5-2-12-32-20)25-21(27)14-31-23(28)16-3-1-4-19(13-16)33(29,30)26-18-10-11-18/h1-9,12-13,18,22,26H,10-11,14H2,(H,25,27). The SMILES string of the molecule is O=C(COC(=O)c1cccc(S(=O)(=O)NC2CC2)c1)NC(c1ccc(F)cc1)c1cccs1. The molecule has 1 heterocycles. The number of carbonyl (C=O) groups is 2. The highest BCUT2D eigenvalue weighted by Crippen LogP contribution is 2.26. The lowest BCUT2D eigenvalue weighted by Crippen LogP contribution is -2.32. The maximum Gasteiger partial charge on any atom is 0.338 e. The van der Waals surface area contributed by atoms with Crippen molar-refractivity contribution < 1.29 is 27.1 Å². The molecule has 33 heavy (non-hydrogen) atoms. The van der Waals surface area contributed by atoms with Gasteiger partial charge >= 0.3 is 5.97 Å². The summed E-state index contributed by atoms with van der Waals surface area (Å²) in [6.07, 6.45) is 1.58. The number of esters is 1. The highest BCUT2D eigenvalue weighted by Gasteiger charge is 2.28. The second kappa shape index (κ2) is 9.82. The van der Waals surface area contributed by atoms with Crippen LogP contribution in [0.4, 0.5) is 4.39 Å². The molecule has 1 atom stereocenters. The van der Waals surface area contributed by atoms with Crippen molar-refractivity contribution in [2.75, 3.05) is 6.61 Å². The number of carbonyl (C=O) groups excluding carboxylic acids is 2. The molecule has 1 amide bonds. The molecule has 2 N–H and O–H groups in total. The number of thiophene rings is 1. The first kappa shape index (κ1) is 23.1. The number of amides is 1. The predicted molar refractivity (Wildman–Crippen MR) is 121 cm³/mol. The van der Waals surface area contributed by atoms with Gasteiger partial charge in [0.1, 0.15) is 5.82 Å². The Morgan fingerprint density at radius 1 is 1.09 bits per heavy atom. The Morgan fingerprint density at radius 3 is 2.52 bits per heavy atom. The van der Waals surface area contributed by atoms with Crippen molar-refractivity contribution >= 4 is 33.2 Å². The molecule has 2 aromatic carbocycles. The maximum atomic E-state index is 13.3. The van der Waals surface area contributed by atoms with Crippen LogP contribution in [0.3, 0.4) is 0 Å². The molecular formula is C23H21FN2O5S2. The lowest BCUT2D eigenvalue weighted by molar-refractivity contribution is -0.124. The van der Waals surface area contributed by atoms with Gasteiger partial charge in [-0.1, -0.05) is 24.3 Å². The highest BCUT2D eigenvalue weighted by molar-refractivity contribution is 7.89. The van der Waals surface area contributed by atoms with Gasteiger partial charge in [-0.2, -0.15) is 0 Å². The fourth-order valence-corrected chi connectivity index (χ4v) is 5.28. The summed E-state index contributed by atoms with van der Waals surface area (Å²) in [5, 5.41) is 4.65. The third kappa shape index (κ3) is 6.04. The number of halogens is 1. The largest absolute Gasteiger partial charge is 0.452 e. The molecule has 1 fully saturated rings. The summed E-state index contributed by atoms with van der Waals surface area (Å²) in [5.41, 5.74) is 0.703. The molecule has 4 rings (SSSR count). The third-order valence-corrected chi connectivity index (χ3v) is 7.41. The van der Waals surface area contributed by atoms with Crippen molar-refractivity contribution in [1.82, 2.24) is 10.0 Å². The summed E-state index contributed by atoms with van der Waals surface area (Å²) in [4.78, 5) is 25.7. The molecule has 10 heteroatoms. The molecule has 1 saturated carbocycles. The Kier molecular flexibility index (Phi) is 6.87. The molecule has 1 aliphatic rings. The van der Waals surface area contributed by atoms with E-state index < -0.39 is 34.5 Å². The van der Waals surface area contributed by atoms with Gasteiger partial charge in [0.25, 0.3) is 5.91 Å². The van der Waals surface area contributed by atoms with Crippen molar-refractivity contribution in [2.45, 2.75) is 29.8 Å². The molecule has 172 valence electrons. The summed E-state index contributed by atoms with van der Waals surface area (Å²) in [5.74, 6) is -1.76. The predicted octanol–water partition coefficient (Wildman–Crippen LogP) is 3.39. The van der Waals surface area contributed by atoms with Gasteiger partial charge < -0.3 is 10.1 Å². The molecule has 1 aliphatic carbocycles. The summed E-state index contributed by atoms with van der Waals surface area (Å²) in [6.45, 7) is -0.556. The van der Waals surface area contributed by atoms with E-state index in [2.05, 4.69) is 10.0 Å². The van der Waals surface area contributed by atoms with Crippen LogP contribution in [0.2, 0.25) is 0 Å². The number of benzene rings is 2. The highest BCUT2D eigenvalue weighted by atomic mass is 32.2. The van der Waals surface area contributed by atoms with Crippen LogP contribution < -0.4 is 10.0 Å². The Bertz CT molecular complexity index is 1240. The van der Waals surface area contributed by atoms with Crippen LogP contribution >= 0.6 is 11.3 Å². The first-order valence-electron chi connectivity index (χ1n) is 10.2. The van der Waals surface area contributed by atoms with E-state index in [-0.39, 0.29) is 22.3 Å². The Balaban J connectivity index is 1.40. The van der Waals surface area contributed by atoms with Gasteiger partial charge in [0.05, 0.1) is 16.5 Å². The van der Waals surface area contributed by atoms with Crippen molar-refractivity contribution in [1.29, 1.82) is 0 Å². The minimum Gasteiger partial charge on any atom is -0.452 e. The van der Waals surface area contributed by atoms with Gasteiger partial charge in [0.15, 0.2) is 6.61 Å². The Labute approximate surface area is 194 Å². The quantitative estimate of drug-likeness (QED) is 0.450. The Morgan fingerprint density at radius 2 is 1.85 bits per heavy atom. The molecular weight excluding hydrogens is 467 g/mol. The van der Waals surface area contributed by atoms with Gasteiger partial charge in [-0.25, -0.2) is 22.3 Å². The average molecular weight is 489 g/mol. The van der Waals surface area contributed by atoms with E-state index in [9.17, 15) is 22.4 Å². The van der Waals surface area contributed by atoms with Crippen molar-refractivity contribution in [2.24, 2.45) is 0 Å². The van der Waals surface area contributed by atoms with Gasteiger partial charge in [0.2, 0.25) is 10.0 Å². The van der Waals surface area contributed by atoms with Crippen LogP contribution in [0.1, 0.15) is 39.7 Å². The van der Waals surface area contributed by atoms with E-state index in [1.807, 2.05) is 17.5 Å². The van der Waals surface area contributed by atoms with Crippen molar-refractivity contribution in [3.63, 3.8) is 0 Å². The molecule has 0 saturated heterocycles. The van der Waals surface area contributed by atoms with Gasteiger partial charge in [-0.3, -0.25) is 4.79 Å². The van der Waals surface area contributed by atoms with Gasteiger partial charge in [-0.15, -0.1) is 11.3 Å². The van der Waals surface area contributed by atoms with Crippen LogP contribution in [0.5, 0.6) is 0 Å². The monoisotopic (exact) mass is 488 g/mol. The Hall–Kier alpha value is -3.08. The molecule has 3 aromatic rings. The van der Waals surface area contributed by atoms with Gasteiger partial charge in [-0.05, 0) is 60.2 Å². The van der Waals surface area contributed by atoms with Crippen LogP contribution in [-0.4, -0.2) is 32.9 Å². The summed E-state index contributed by atoms with van der Waals surface area (Å²) in [6, 6.07) is 14.3. The van der Waals surface area contributed by atoms with Crippen LogP contribution in [-0.2, 0) is 19.6 Å². The molecule has 1 unspecified atom stereocenters. The smallest absolute Gasteiger partial charge is 0.338 e. The molecule has 0 aliphatic heterocycles. The minimum atomic E-state index is -3.72. The molecule has 0 radical (unpaired) electrons. The third-order valence-electron chi connectivity index (χ3n) is 4.95. The number of hydrogen-bond acceptors (Lipinski definition) is 6. The molecule has 1 aromatic heterocycles. The maximum absolute atomic E-state index is 13.3. The van der Waals surface area contributed by atoms with Crippen molar-refractivity contribution in [3.05, 3.63) is 87.9 Å². The number of ether oxygens (including phenoxy) is 1. The van der Waals surface area contributed by atoms with Crippen LogP contribution in [0, 0.1) is 5.82 Å². The van der Waals surface area contributed by atoms with E-state index in [1.54, 1.807) is 12.1 Å². The number of rotatable bonds is 9. The van der Waals surface area contributed by atoms with E-state index >= 15 is 0 Å². The summed E-state index contributed by atoms with van der Waals surface area (Å²) in [7, 11) is -3.72. The first-order valence-corrected chi connectivity index (χ1v) is 12.6. The van der Waals surface area contributed by atoms with E-state index in [4.69, 9.17) is 4.74 Å². The summed E-state index contributed by atoms with van der Waals surface area (Å²) < 4.78 is 45.7. The second-order valence-electron chi connectivity index (χ2n) is 7.57. The van der Waals surface area contributed by atoms with E-state index in [0.717, 1.165) is 17.7 Å². The first-order chi connectivity index (χ1) is 15.8. The second-order valence-corrected chi connectivity index (χ2v) is 10.3. The summed E-state index contributed by atoms with van der Waals surface area (Å²) >= 11 is 1.43. The van der Waals surface area contributed by atoms with Gasteiger partial charge in [0, 0.05) is 10.9 Å². The zero-order valence-corrected chi connectivity index (χ0v) is 19.0. The topological polar surface area (TPSA) is 102 Å². The average Bonchev–Trinajstić information content (AvgIpc) is 3.44. The zero-order chi connectivity index (χ0) is 23.4. The van der Waals surface area contributed by atoms with Crippen molar-refractivity contribution in [3.8, 4) is 0 Å². The lowest BCUT2D eigenvalue weighted by atomic mass is 10.1.